The van der Waals surface area contributed by atoms with Gasteiger partial charge in [0.1, 0.15) is 0 Å². The minimum Gasteiger partial charge on any atom is -0.378 e. The lowest BCUT2D eigenvalue weighted by molar-refractivity contribution is 0.122. The van der Waals surface area contributed by atoms with Gasteiger partial charge in [0.05, 0.1) is 18.9 Å². The van der Waals surface area contributed by atoms with Crippen molar-refractivity contribution in [1.82, 2.24) is 19.8 Å². The third kappa shape index (κ3) is 2.92. The van der Waals surface area contributed by atoms with Crippen molar-refractivity contribution in [3.63, 3.8) is 0 Å². The van der Waals surface area contributed by atoms with E-state index in [9.17, 15) is 0 Å². The van der Waals surface area contributed by atoms with Crippen LogP contribution >= 0.6 is 0 Å². The summed E-state index contributed by atoms with van der Waals surface area (Å²) < 4.78 is 7.29. The van der Waals surface area contributed by atoms with Crippen LogP contribution in [0.4, 0.5) is 5.69 Å². The van der Waals surface area contributed by atoms with Crippen molar-refractivity contribution in [3.05, 3.63) is 65.6 Å². The van der Waals surface area contributed by atoms with Crippen LogP contribution in [0.3, 0.4) is 0 Å². The molecule has 0 amide bonds. The molecule has 1 aliphatic heterocycles. The summed E-state index contributed by atoms with van der Waals surface area (Å²) in [4.78, 5) is 2.37. The molecule has 1 saturated heterocycles. The van der Waals surface area contributed by atoms with Crippen LogP contribution in [0.15, 0.2) is 48.5 Å². The van der Waals surface area contributed by atoms with Crippen molar-refractivity contribution in [2.45, 2.75) is 13.3 Å². The van der Waals surface area contributed by atoms with E-state index in [4.69, 9.17) is 9.84 Å². The standard InChI is InChI=1S/C21H21N5O/c1-15-22-23-21-19-5-3-2-4-18(19)20(24-26(15)21)14-16-6-8-17(9-7-16)25-10-12-27-13-11-25/h2-9H,10-14H2,1H3. The molecule has 0 N–H and O–H groups in total. The van der Waals surface area contributed by atoms with Crippen LogP contribution in [0.5, 0.6) is 0 Å². The molecule has 6 nitrogen and oxygen atoms in total. The molecule has 2 aromatic carbocycles. The molecule has 0 unspecified atom stereocenters. The molecule has 0 aliphatic carbocycles. The first-order valence-corrected chi connectivity index (χ1v) is 9.31. The minimum atomic E-state index is 0.775. The first kappa shape index (κ1) is 16.2. The fourth-order valence-electron chi connectivity index (χ4n) is 3.72. The van der Waals surface area contributed by atoms with E-state index in [2.05, 4.69) is 57.6 Å². The van der Waals surface area contributed by atoms with Crippen molar-refractivity contribution < 1.29 is 4.74 Å². The van der Waals surface area contributed by atoms with E-state index in [1.165, 1.54) is 11.3 Å². The SMILES string of the molecule is Cc1nnc2c3ccccc3c(Cc3ccc(N4CCOCC4)cc3)nn12. The predicted octanol–water partition coefficient (Wildman–Crippen LogP) is 3.01. The first-order chi connectivity index (χ1) is 13.3. The first-order valence-electron chi connectivity index (χ1n) is 9.31. The van der Waals surface area contributed by atoms with Crippen LogP contribution in [0.1, 0.15) is 17.1 Å². The lowest BCUT2D eigenvalue weighted by Gasteiger charge is -2.28. The molecular formula is C21H21N5O. The van der Waals surface area contributed by atoms with Crippen LogP contribution in [-0.4, -0.2) is 46.1 Å². The number of anilines is 1. The van der Waals surface area contributed by atoms with Gasteiger partial charge in [-0.3, -0.25) is 0 Å². The molecule has 1 aliphatic rings. The fraction of sp³-hybridized carbons (Fsp3) is 0.286. The van der Waals surface area contributed by atoms with Crippen molar-refractivity contribution in [3.8, 4) is 0 Å². The quantitative estimate of drug-likeness (QED) is 0.563. The van der Waals surface area contributed by atoms with Gasteiger partial charge in [0.15, 0.2) is 11.5 Å². The molecule has 6 heteroatoms. The molecule has 0 spiro atoms. The topological polar surface area (TPSA) is 55.5 Å². The number of nitrogens with zero attached hydrogens (tertiary/aromatic N) is 5. The van der Waals surface area contributed by atoms with Gasteiger partial charge in [0.2, 0.25) is 0 Å². The van der Waals surface area contributed by atoms with Gasteiger partial charge in [0.25, 0.3) is 0 Å². The molecule has 136 valence electrons. The molecule has 5 rings (SSSR count). The Morgan fingerprint density at radius 1 is 0.926 bits per heavy atom. The van der Waals surface area contributed by atoms with Gasteiger partial charge in [0, 0.05) is 36.0 Å². The molecule has 0 saturated carbocycles. The van der Waals surface area contributed by atoms with Gasteiger partial charge in [-0.15, -0.1) is 10.2 Å². The average molecular weight is 359 g/mol. The van der Waals surface area contributed by atoms with E-state index in [1.807, 2.05) is 17.5 Å². The van der Waals surface area contributed by atoms with Gasteiger partial charge in [-0.1, -0.05) is 36.4 Å². The highest BCUT2D eigenvalue weighted by Gasteiger charge is 2.14. The van der Waals surface area contributed by atoms with Crippen molar-refractivity contribution in [1.29, 1.82) is 0 Å². The number of benzene rings is 2. The smallest absolute Gasteiger partial charge is 0.185 e. The van der Waals surface area contributed by atoms with Gasteiger partial charge in [-0.2, -0.15) is 9.61 Å². The largest absolute Gasteiger partial charge is 0.378 e. The summed E-state index contributed by atoms with van der Waals surface area (Å²) in [6.45, 7) is 5.44. The molecular weight excluding hydrogens is 338 g/mol. The maximum atomic E-state index is 5.44. The summed E-state index contributed by atoms with van der Waals surface area (Å²) in [7, 11) is 0. The Balaban J connectivity index is 1.51. The van der Waals surface area contributed by atoms with Gasteiger partial charge < -0.3 is 9.64 Å². The minimum absolute atomic E-state index is 0.775. The Morgan fingerprint density at radius 2 is 1.67 bits per heavy atom. The van der Waals surface area contributed by atoms with E-state index in [0.29, 0.717) is 0 Å². The Kier molecular flexibility index (Phi) is 3.98. The molecule has 0 radical (unpaired) electrons. The highest BCUT2D eigenvalue weighted by atomic mass is 16.5. The summed E-state index contributed by atoms with van der Waals surface area (Å²) in [6.07, 6.45) is 0.775. The van der Waals surface area contributed by atoms with Gasteiger partial charge >= 0.3 is 0 Å². The third-order valence-corrected chi connectivity index (χ3v) is 5.18. The monoisotopic (exact) mass is 359 g/mol. The molecule has 4 aromatic rings. The van der Waals surface area contributed by atoms with E-state index >= 15 is 0 Å². The normalized spacial score (nSPS) is 14.9. The van der Waals surface area contributed by atoms with Crippen molar-refractivity contribution >= 4 is 22.1 Å². The lowest BCUT2D eigenvalue weighted by Crippen LogP contribution is -2.36. The fourth-order valence-corrected chi connectivity index (χ4v) is 3.72. The second kappa shape index (κ2) is 6.63. The van der Waals surface area contributed by atoms with Gasteiger partial charge in [-0.05, 0) is 24.6 Å². The second-order valence-electron chi connectivity index (χ2n) is 6.92. The number of morpholine rings is 1. The zero-order chi connectivity index (χ0) is 18.2. The molecule has 0 atom stereocenters. The Bertz CT molecular complexity index is 1100. The number of hydrogen-bond donors (Lipinski definition) is 0. The lowest BCUT2D eigenvalue weighted by atomic mass is 10.0. The zero-order valence-corrected chi connectivity index (χ0v) is 15.3. The van der Waals surface area contributed by atoms with Crippen LogP contribution in [0.2, 0.25) is 0 Å². The summed E-state index contributed by atoms with van der Waals surface area (Å²) in [6, 6.07) is 17.1. The number of rotatable bonds is 3. The number of hydrogen-bond acceptors (Lipinski definition) is 5. The predicted molar refractivity (Wildman–Crippen MR) is 105 cm³/mol. The van der Waals surface area contributed by atoms with Crippen LogP contribution in [-0.2, 0) is 11.2 Å². The maximum absolute atomic E-state index is 5.44. The van der Waals surface area contributed by atoms with Crippen LogP contribution < -0.4 is 4.90 Å². The van der Waals surface area contributed by atoms with E-state index < -0.39 is 0 Å². The van der Waals surface area contributed by atoms with Crippen LogP contribution in [0.25, 0.3) is 16.4 Å². The summed E-state index contributed by atoms with van der Waals surface area (Å²) in [5.41, 5.74) is 4.36. The Labute approximate surface area is 157 Å². The summed E-state index contributed by atoms with van der Waals surface area (Å²) in [5, 5.41) is 15.5. The van der Waals surface area contributed by atoms with Crippen molar-refractivity contribution in [2.24, 2.45) is 0 Å². The highest BCUT2D eigenvalue weighted by molar-refractivity contribution is 5.95. The van der Waals surface area contributed by atoms with E-state index in [0.717, 1.165) is 60.7 Å². The molecule has 1 fully saturated rings. The Hall–Kier alpha value is -2.99. The zero-order valence-electron chi connectivity index (χ0n) is 15.3. The number of aromatic nitrogens is 4. The molecule has 27 heavy (non-hydrogen) atoms. The third-order valence-electron chi connectivity index (χ3n) is 5.18. The number of fused-ring (bicyclic) bond motifs is 3. The molecule has 0 bridgehead atoms. The average Bonchev–Trinajstić information content (AvgIpc) is 3.10. The Morgan fingerprint density at radius 3 is 2.44 bits per heavy atom. The summed E-state index contributed by atoms with van der Waals surface area (Å²) >= 11 is 0. The maximum Gasteiger partial charge on any atom is 0.185 e. The number of ether oxygens (including phenoxy) is 1. The molecule has 3 heterocycles. The van der Waals surface area contributed by atoms with Gasteiger partial charge in [-0.25, -0.2) is 0 Å². The summed E-state index contributed by atoms with van der Waals surface area (Å²) in [5.74, 6) is 0.805. The van der Waals surface area contributed by atoms with E-state index in [1.54, 1.807) is 0 Å². The molecule has 2 aromatic heterocycles. The highest BCUT2D eigenvalue weighted by Crippen LogP contribution is 2.24. The second-order valence-corrected chi connectivity index (χ2v) is 6.92. The van der Waals surface area contributed by atoms with Crippen molar-refractivity contribution in [2.75, 3.05) is 31.2 Å². The number of aryl methyl sites for hydroxylation is 1. The van der Waals surface area contributed by atoms with Crippen LogP contribution in [0, 0.1) is 6.92 Å². The van der Waals surface area contributed by atoms with E-state index in [-0.39, 0.29) is 0 Å².